The lowest BCUT2D eigenvalue weighted by Gasteiger charge is -2.23. The average Bonchev–Trinajstić information content (AvgIpc) is 2.39. The van der Waals surface area contributed by atoms with Gasteiger partial charge in [0.15, 0.2) is 0 Å². The average molecular weight is 270 g/mol. The number of rotatable bonds is 5. The van der Waals surface area contributed by atoms with Crippen LogP contribution in [0.25, 0.3) is 0 Å². The van der Waals surface area contributed by atoms with Crippen molar-refractivity contribution in [3.63, 3.8) is 0 Å². The number of morpholine rings is 1. The van der Waals surface area contributed by atoms with Crippen LogP contribution in [0.4, 0.5) is 10.1 Å². The van der Waals surface area contributed by atoms with Crippen molar-refractivity contribution in [1.82, 2.24) is 5.32 Å². The first-order valence-corrected chi connectivity index (χ1v) is 5.99. The number of non-ortho nitro benzene ring substituents is 1. The zero-order valence-electron chi connectivity index (χ0n) is 10.3. The molecule has 1 atom stereocenters. The Bertz CT molecular complexity index is 449. The normalized spacial score (nSPS) is 19.3. The molecule has 1 aromatic rings. The van der Waals surface area contributed by atoms with Crippen molar-refractivity contribution < 1.29 is 18.8 Å². The Morgan fingerprint density at radius 1 is 1.53 bits per heavy atom. The van der Waals surface area contributed by atoms with Crippen molar-refractivity contribution in [3.8, 4) is 0 Å². The zero-order chi connectivity index (χ0) is 13.7. The van der Waals surface area contributed by atoms with Gasteiger partial charge in [0.2, 0.25) is 0 Å². The summed E-state index contributed by atoms with van der Waals surface area (Å²) < 4.78 is 24.0. The fourth-order valence-electron chi connectivity index (χ4n) is 1.86. The number of hydrogen-bond acceptors (Lipinski definition) is 5. The first-order valence-electron chi connectivity index (χ1n) is 5.99. The number of nitrogens with one attached hydrogen (secondary N) is 1. The second-order valence-corrected chi connectivity index (χ2v) is 4.29. The molecule has 0 aromatic heterocycles. The van der Waals surface area contributed by atoms with E-state index in [1.165, 1.54) is 12.1 Å². The van der Waals surface area contributed by atoms with E-state index in [0.717, 1.165) is 12.6 Å². The summed E-state index contributed by atoms with van der Waals surface area (Å²) in [5.41, 5.74) is 0.171. The molecule has 2 rings (SSSR count). The summed E-state index contributed by atoms with van der Waals surface area (Å²) in [5.74, 6) is -0.636. The molecule has 6 nitrogen and oxygen atoms in total. The summed E-state index contributed by atoms with van der Waals surface area (Å²) in [4.78, 5) is 9.97. The number of nitro groups is 1. The molecule has 1 N–H and O–H groups in total. The minimum Gasteiger partial charge on any atom is -0.374 e. The molecule has 1 aromatic carbocycles. The van der Waals surface area contributed by atoms with Crippen molar-refractivity contribution in [2.75, 3.05) is 26.3 Å². The van der Waals surface area contributed by atoms with Crippen LogP contribution >= 0.6 is 0 Å². The molecule has 1 aliphatic heterocycles. The molecule has 0 bridgehead atoms. The van der Waals surface area contributed by atoms with Gasteiger partial charge in [0, 0.05) is 19.2 Å². The Labute approximate surface area is 109 Å². The van der Waals surface area contributed by atoms with Gasteiger partial charge in [-0.3, -0.25) is 10.1 Å². The van der Waals surface area contributed by atoms with Crippen LogP contribution in [-0.4, -0.2) is 37.3 Å². The van der Waals surface area contributed by atoms with Crippen LogP contribution in [-0.2, 0) is 16.1 Å². The molecule has 0 spiro atoms. The first kappa shape index (κ1) is 13.9. The Balaban J connectivity index is 1.86. The minimum atomic E-state index is -0.636. The zero-order valence-corrected chi connectivity index (χ0v) is 10.3. The number of nitro benzene ring substituents is 1. The van der Waals surface area contributed by atoms with Crippen molar-refractivity contribution >= 4 is 5.69 Å². The molecule has 1 heterocycles. The first-order chi connectivity index (χ1) is 9.15. The topological polar surface area (TPSA) is 73.6 Å². The lowest BCUT2D eigenvalue weighted by molar-refractivity contribution is -0.385. The molecule has 0 saturated carbocycles. The molecule has 0 amide bonds. The van der Waals surface area contributed by atoms with E-state index in [0.29, 0.717) is 25.3 Å². The van der Waals surface area contributed by atoms with Gasteiger partial charge in [0.1, 0.15) is 5.82 Å². The van der Waals surface area contributed by atoms with Crippen molar-refractivity contribution in [3.05, 3.63) is 39.7 Å². The summed E-state index contributed by atoms with van der Waals surface area (Å²) >= 11 is 0. The van der Waals surface area contributed by atoms with Crippen LogP contribution in [0, 0.1) is 15.9 Å². The molecule has 1 saturated heterocycles. The monoisotopic (exact) mass is 270 g/mol. The maximum atomic E-state index is 13.2. The fourth-order valence-corrected chi connectivity index (χ4v) is 1.86. The molecular formula is C12H15FN2O4. The molecule has 7 heteroatoms. The lowest BCUT2D eigenvalue weighted by atomic mass is 10.2. The smallest absolute Gasteiger partial charge is 0.272 e. The molecule has 104 valence electrons. The minimum absolute atomic E-state index is 0.0303. The number of nitrogens with zero attached hydrogens (tertiary/aromatic N) is 1. The van der Waals surface area contributed by atoms with Crippen LogP contribution in [0.2, 0.25) is 0 Å². The summed E-state index contributed by atoms with van der Waals surface area (Å²) in [7, 11) is 0. The van der Waals surface area contributed by atoms with E-state index < -0.39 is 10.7 Å². The van der Waals surface area contributed by atoms with Gasteiger partial charge in [-0.05, 0) is 11.6 Å². The van der Waals surface area contributed by atoms with E-state index >= 15 is 0 Å². The number of ether oxygens (including phenoxy) is 2. The predicted molar refractivity (Wildman–Crippen MR) is 65.3 cm³/mol. The highest BCUT2D eigenvalue weighted by Crippen LogP contribution is 2.17. The predicted octanol–water partition coefficient (Wildman–Crippen LogP) is 1.24. The third kappa shape index (κ3) is 4.23. The standard InChI is InChI=1S/C12H15FN2O4/c13-10-3-9(4-11(5-10)15(16)17)7-18-8-12-6-14-1-2-19-12/h3-5,12,14H,1-2,6-8H2. The van der Waals surface area contributed by atoms with Gasteiger partial charge in [0.05, 0.1) is 36.9 Å². The van der Waals surface area contributed by atoms with Crippen LogP contribution in [0.15, 0.2) is 18.2 Å². The van der Waals surface area contributed by atoms with Gasteiger partial charge < -0.3 is 14.8 Å². The quantitative estimate of drug-likeness (QED) is 0.643. The molecule has 1 fully saturated rings. The van der Waals surface area contributed by atoms with E-state index in [2.05, 4.69) is 5.32 Å². The summed E-state index contributed by atoms with van der Waals surface area (Å²) in [6, 6.07) is 3.42. The summed E-state index contributed by atoms with van der Waals surface area (Å²) in [5, 5.41) is 13.8. The van der Waals surface area contributed by atoms with E-state index in [-0.39, 0.29) is 18.4 Å². The van der Waals surface area contributed by atoms with Crippen LogP contribution in [0.1, 0.15) is 5.56 Å². The number of benzene rings is 1. The van der Waals surface area contributed by atoms with E-state index in [1.807, 2.05) is 0 Å². The van der Waals surface area contributed by atoms with Gasteiger partial charge >= 0.3 is 0 Å². The molecular weight excluding hydrogens is 255 g/mol. The SMILES string of the molecule is O=[N+]([O-])c1cc(F)cc(COCC2CNCCO2)c1. The Morgan fingerprint density at radius 3 is 3.05 bits per heavy atom. The van der Waals surface area contributed by atoms with Gasteiger partial charge in [-0.2, -0.15) is 0 Å². The Morgan fingerprint density at radius 2 is 2.37 bits per heavy atom. The number of hydrogen-bond donors (Lipinski definition) is 1. The highest BCUT2D eigenvalue weighted by Gasteiger charge is 2.14. The van der Waals surface area contributed by atoms with Crippen molar-refractivity contribution in [2.45, 2.75) is 12.7 Å². The second kappa shape index (κ2) is 6.55. The summed E-state index contributed by atoms with van der Waals surface area (Å²) in [6.07, 6.45) is -0.0303. The van der Waals surface area contributed by atoms with E-state index in [4.69, 9.17) is 9.47 Å². The molecule has 1 unspecified atom stereocenters. The molecule has 19 heavy (non-hydrogen) atoms. The maximum Gasteiger partial charge on any atom is 0.272 e. The Kier molecular flexibility index (Phi) is 4.78. The van der Waals surface area contributed by atoms with Gasteiger partial charge in [-0.25, -0.2) is 4.39 Å². The fraction of sp³-hybridized carbons (Fsp3) is 0.500. The highest BCUT2D eigenvalue weighted by molar-refractivity contribution is 5.34. The van der Waals surface area contributed by atoms with E-state index in [9.17, 15) is 14.5 Å². The highest BCUT2D eigenvalue weighted by atomic mass is 19.1. The third-order valence-corrected chi connectivity index (χ3v) is 2.73. The lowest BCUT2D eigenvalue weighted by Crippen LogP contribution is -2.40. The van der Waals surface area contributed by atoms with Gasteiger partial charge in [0.25, 0.3) is 5.69 Å². The Hall–Kier alpha value is -1.57. The molecule has 0 radical (unpaired) electrons. The van der Waals surface area contributed by atoms with Crippen molar-refractivity contribution in [2.24, 2.45) is 0 Å². The molecule has 1 aliphatic rings. The van der Waals surface area contributed by atoms with Crippen LogP contribution in [0.5, 0.6) is 0 Å². The maximum absolute atomic E-state index is 13.2. The van der Waals surface area contributed by atoms with Crippen LogP contribution in [0.3, 0.4) is 0 Å². The van der Waals surface area contributed by atoms with E-state index in [1.54, 1.807) is 0 Å². The van der Waals surface area contributed by atoms with Gasteiger partial charge in [-0.15, -0.1) is 0 Å². The van der Waals surface area contributed by atoms with Crippen LogP contribution < -0.4 is 5.32 Å². The van der Waals surface area contributed by atoms with Crippen molar-refractivity contribution in [1.29, 1.82) is 0 Å². The largest absolute Gasteiger partial charge is 0.374 e. The molecule has 0 aliphatic carbocycles. The van der Waals surface area contributed by atoms with Gasteiger partial charge in [-0.1, -0.05) is 0 Å². The summed E-state index contributed by atoms with van der Waals surface area (Å²) in [6.45, 7) is 2.67. The third-order valence-electron chi connectivity index (χ3n) is 2.73. The number of halogens is 1. The second-order valence-electron chi connectivity index (χ2n) is 4.29.